The molecule has 0 radical (unpaired) electrons. The summed E-state index contributed by atoms with van der Waals surface area (Å²) in [4.78, 5) is 13.7. The number of anilines is 1. The Morgan fingerprint density at radius 3 is 2.48 bits per heavy atom. The summed E-state index contributed by atoms with van der Waals surface area (Å²) in [7, 11) is 3.99. The molecule has 5 heteroatoms. The van der Waals surface area contributed by atoms with Gasteiger partial charge in [-0.3, -0.25) is 4.79 Å². The quantitative estimate of drug-likeness (QED) is 0.628. The summed E-state index contributed by atoms with van der Waals surface area (Å²) in [5, 5.41) is 3.99. The fraction of sp³-hybridized carbons (Fsp3) is 0.222. The van der Waals surface area contributed by atoms with Crippen LogP contribution in [0.25, 0.3) is 0 Å². The van der Waals surface area contributed by atoms with E-state index in [0.29, 0.717) is 5.75 Å². The number of amides is 1. The van der Waals surface area contributed by atoms with Gasteiger partial charge in [0.25, 0.3) is 0 Å². The number of thioether (sulfide) groups is 1. The van der Waals surface area contributed by atoms with E-state index in [4.69, 9.17) is 0 Å². The van der Waals surface area contributed by atoms with Gasteiger partial charge in [-0.1, -0.05) is 42.5 Å². The molecule has 0 spiro atoms. The molecule has 23 heavy (non-hydrogen) atoms. The average molecular weight is 327 g/mol. The Kier molecular flexibility index (Phi) is 6.69. The molecule has 1 N–H and O–H groups in total. The largest absolute Gasteiger partial charge is 0.378 e. The van der Waals surface area contributed by atoms with Gasteiger partial charge in [-0.15, -0.1) is 11.8 Å². The first kappa shape index (κ1) is 17.1. The van der Waals surface area contributed by atoms with Gasteiger partial charge in [0.05, 0.1) is 12.0 Å². The van der Waals surface area contributed by atoms with E-state index in [0.717, 1.165) is 17.0 Å². The summed E-state index contributed by atoms with van der Waals surface area (Å²) >= 11 is 1.57. The highest BCUT2D eigenvalue weighted by molar-refractivity contribution is 7.99. The van der Waals surface area contributed by atoms with Crippen LogP contribution in [0.15, 0.2) is 59.7 Å². The fourth-order valence-corrected chi connectivity index (χ4v) is 2.69. The minimum Gasteiger partial charge on any atom is -0.378 e. The van der Waals surface area contributed by atoms with Crippen LogP contribution >= 0.6 is 11.8 Å². The highest BCUT2D eigenvalue weighted by atomic mass is 32.2. The number of hydrogen-bond acceptors (Lipinski definition) is 4. The van der Waals surface area contributed by atoms with Crippen molar-refractivity contribution < 1.29 is 4.79 Å². The minimum atomic E-state index is -0.0907. The topological polar surface area (TPSA) is 44.7 Å². The Bertz CT molecular complexity index is 639. The van der Waals surface area contributed by atoms with Crippen molar-refractivity contribution in [2.75, 3.05) is 24.7 Å². The third-order valence-corrected chi connectivity index (χ3v) is 4.16. The molecule has 0 aliphatic rings. The smallest absolute Gasteiger partial charge is 0.250 e. The second kappa shape index (κ2) is 9.00. The average Bonchev–Trinajstić information content (AvgIpc) is 2.56. The predicted octanol–water partition coefficient (Wildman–Crippen LogP) is 3.14. The molecule has 2 aromatic rings. The number of hydrazone groups is 1. The molecule has 2 rings (SSSR count). The lowest BCUT2D eigenvalue weighted by Gasteiger charge is -2.11. The number of hydrogen-bond donors (Lipinski definition) is 1. The van der Waals surface area contributed by atoms with E-state index in [2.05, 4.69) is 22.7 Å². The van der Waals surface area contributed by atoms with Crippen LogP contribution in [-0.4, -0.2) is 32.0 Å². The molecule has 0 fully saturated rings. The third kappa shape index (κ3) is 6.16. The van der Waals surface area contributed by atoms with Crippen LogP contribution in [0.1, 0.15) is 11.1 Å². The highest BCUT2D eigenvalue weighted by Gasteiger charge is 2.00. The molecule has 2 aromatic carbocycles. The standard InChI is InChI=1S/C18H21N3OS/c1-21(2)17-10-8-15(9-11-17)12-19-20-18(22)14-23-13-16-6-4-3-5-7-16/h3-12H,13-14H2,1-2H3,(H,20,22)/b19-12-. The number of carbonyl (C=O) groups excluding carboxylic acids is 1. The maximum Gasteiger partial charge on any atom is 0.250 e. The van der Waals surface area contributed by atoms with Crippen LogP contribution in [0, 0.1) is 0 Å². The van der Waals surface area contributed by atoms with Gasteiger partial charge < -0.3 is 4.90 Å². The number of rotatable bonds is 7. The van der Waals surface area contributed by atoms with Gasteiger partial charge in [0.2, 0.25) is 5.91 Å². The van der Waals surface area contributed by atoms with Crippen molar-refractivity contribution in [2.45, 2.75) is 5.75 Å². The second-order valence-corrected chi connectivity index (χ2v) is 6.24. The number of benzene rings is 2. The van der Waals surface area contributed by atoms with E-state index in [9.17, 15) is 4.79 Å². The number of nitrogens with one attached hydrogen (secondary N) is 1. The van der Waals surface area contributed by atoms with Crippen molar-refractivity contribution in [1.29, 1.82) is 0 Å². The predicted molar refractivity (Wildman–Crippen MR) is 99.1 cm³/mol. The van der Waals surface area contributed by atoms with Gasteiger partial charge in [0.1, 0.15) is 0 Å². The molecule has 120 valence electrons. The summed E-state index contributed by atoms with van der Waals surface area (Å²) in [6, 6.07) is 18.1. The van der Waals surface area contributed by atoms with Crippen LogP contribution in [0.3, 0.4) is 0 Å². The lowest BCUT2D eigenvalue weighted by molar-refractivity contribution is -0.118. The molecule has 0 saturated carbocycles. The molecule has 0 unspecified atom stereocenters. The first-order valence-corrected chi connectivity index (χ1v) is 8.51. The molecule has 1 amide bonds. The SMILES string of the molecule is CN(C)c1ccc(/C=N\NC(=O)CSCc2ccccc2)cc1. The lowest BCUT2D eigenvalue weighted by Crippen LogP contribution is -2.19. The minimum absolute atomic E-state index is 0.0907. The van der Waals surface area contributed by atoms with E-state index < -0.39 is 0 Å². The van der Waals surface area contributed by atoms with Gasteiger partial charge in [-0.05, 0) is 23.3 Å². The van der Waals surface area contributed by atoms with Crippen LogP contribution in [0.5, 0.6) is 0 Å². The molecular weight excluding hydrogens is 306 g/mol. The van der Waals surface area contributed by atoms with Crippen molar-refractivity contribution in [2.24, 2.45) is 5.10 Å². The van der Waals surface area contributed by atoms with E-state index in [1.807, 2.05) is 61.5 Å². The van der Waals surface area contributed by atoms with E-state index >= 15 is 0 Å². The van der Waals surface area contributed by atoms with Gasteiger partial charge in [-0.25, -0.2) is 5.43 Å². The fourth-order valence-electron chi connectivity index (χ4n) is 1.91. The van der Waals surface area contributed by atoms with E-state index in [1.54, 1.807) is 18.0 Å². The molecule has 0 aromatic heterocycles. The molecule has 0 aliphatic heterocycles. The van der Waals surface area contributed by atoms with Gasteiger partial charge >= 0.3 is 0 Å². The summed E-state index contributed by atoms with van der Waals surface area (Å²) < 4.78 is 0. The Balaban J connectivity index is 1.71. The van der Waals surface area contributed by atoms with Crippen LogP contribution in [-0.2, 0) is 10.5 Å². The zero-order valence-corrected chi connectivity index (χ0v) is 14.2. The summed E-state index contributed by atoms with van der Waals surface area (Å²) in [6.07, 6.45) is 1.65. The van der Waals surface area contributed by atoms with Crippen LogP contribution in [0.2, 0.25) is 0 Å². The second-order valence-electron chi connectivity index (χ2n) is 5.26. The Morgan fingerprint density at radius 2 is 1.83 bits per heavy atom. The van der Waals surface area contributed by atoms with Crippen molar-refractivity contribution in [3.63, 3.8) is 0 Å². The normalized spacial score (nSPS) is 10.7. The summed E-state index contributed by atoms with van der Waals surface area (Å²) in [5.41, 5.74) is 5.85. The van der Waals surface area contributed by atoms with Crippen LogP contribution < -0.4 is 10.3 Å². The molecule has 0 aliphatic carbocycles. The van der Waals surface area contributed by atoms with E-state index in [1.165, 1.54) is 5.56 Å². The lowest BCUT2D eigenvalue weighted by atomic mass is 10.2. The maximum absolute atomic E-state index is 11.7. The monoisotopic (exact) mass is 327 g/mol. The maximum atomic E-state index is 11.7. The molecule has 0 bridgehead atoms. The Labute approximate surface area is 141 Å². The van der Waals surface area contributed by atoms with Crippen LogP contribution in [0.4, 0.5) is 5.69 Å². The first-order valence-electron chi connectivity index (χ1n) is 7.36. The zero-order valence-electron chi connectivity index (χ0n) is 13.4. The molecular formula is C18H21N3OS. The Hall–Kier alpha value is -2.27. The van der Waals surface area contributed by atoms with Gasteiger partial charge in [0, 0.05) is 25.5 Å². The molecule has 0 atom stereocenters. The molecule has 0 saturated heterocycles. The molecule has 4 nitrogen and oxygen atoms in total. The number of carbonyl (C=O) groups is 1. The van der Waals surface area contributed by atoms with Crippen molar-refractivity contribution in [1.82, 2.24) is 5.43 Å². The highest BCUT2D eigenvalue weighted by Crippen LogP contribution is 2.12. The van der Waals surface area contributed by atoms with Crippen molar-refractivity contribution in [3.8, 4) is 0 Å². The van der Waals surface area contributed by atoms with Crippen molar-refractivity contribution >= 4 is 29.6 Å². The molecule has 0 heterocycles. The first-order chi connectivity index (χ1) is 11.1. The summed E-state index contributed by atoms with van der Waals surface area (Å²) in [6.45, 7) is 0. The van der Waals surface area contributed by atoms with Crippen molar-refractivity contribution in [3.05, 3.63) is 65.7 Å². The number of nitrogens with zero attached hydrogens (tertiary/aromatic N) is 2. The zero-order chi connectivity index (χ0) is 16.5. The Morgan fingerprint density at radius 1 is 1.13 bits per heavy atom. The van der Waals surface area contributed by atoms with E-state index in [-0.39, 0.29) is 5.91 Å². The summed E-state index contributed by atoms with van der Waals surface area (Å²) in [5.74, 6) is 1.13. The van der Waals surface area contributed by atoms with Gasteiger partial charge in [0.15, 0.2) is 0 Å². The third-order valence-electron chi connectivity index (χ3n) is 3.16. The van der Waals surface area contributed by atoms with Gasteiger partial charge in [-0.2, -0.15) is 5.10 Å².